The summed E-state index contributed by atoms with van der Waals surface area (Å²) >= 11 is 0. The summed E-state index contributed by atoms with van der Waals surface area (Å²) in [6, 6.07) is 9.82. The Morgan fingerprint density at radius 1 is 1.33 bits per heavy atom. The zero-order valence-corrected chi connectivity index (χ0v) is 9.49. The van der Waals surface area contributed by atoms with Gasteiger partial charge in [0, 0.05) is 6.04 Å². The first-order valence-electron chi connectivity index (χ1n) is 5.70. The fraction of sp³-hybridized carbons (Fsp3) is 0.538. The van der Waals surface area contributed by atoms with Crippen LogP contribution in [-0.2, 0) is 4.74 Å². The van der Waals surface area contributed by atoms with Crippen LogP contribution in [0.15, 0.2) is 24.3 Å². The maximum atomic E-state index is 5.17. The predicted octanol–water partition coefficient (Wildman–Crippen LogP) is 2.43. The van der Waals surface area contributed by atoms with Gasteiger partial charge in [-0.05, 0) is 18.9 Å². The third kappa shape index (κ3) is 2.58. The standard InChI is InChI=1S/C13H19NO/c1-3-13(14-12-8-15-9-12)11-6-4-10(2)5-7-11/h4-7,12-14H,3,8-9H2,1-2H3. The molecule has 0 aliphatic carbocycles. The first kappa shape index (κ1) is 10.7. The van der Waals surface area contributed by atoms with Gasteiger partial charge < -0.3 is 10.1 Å². The van der Waals surface area contributed by atoms with Crippen LogP contribution in [0.25, 0.3) is 0 Å². The van der Waals surface area contributed by atoms with Gasteiger partial charge in [-0.3, -0.25) is 0 Å². The van der Waals surface area contributed by atoms with Crippen LogP contribution in [0.3, 0.4) is 0 Å². The molecule has 2 rings (SSSR count). The average Bonchev–Trinajstić information content (AvgIpc) is 2.19. The molecule has 0 radical (unpaired) electrons. The van der Waals surface area contributed by atoms with E-state index in [-0.39, 0.29) is 0 Å². The molecule has 2 nitrogen and oxygen atoms in total. The van der Waals surface area contributed by atoms with Gasteiger partial charge in [0.05, 0.1) is 19.3 Å². The van der Waals surface area contributed by atoms with E-state index in [1.165, 1.54) is 11.1 Å². The Bertz CT molecular complexity index is 303. The Hall–Kier alpha value is -0.860. The number of benzene rings is 1. The van der Waals surface area contributed by atoms with E-state index in [0.29, 0.717) is 12.1 Å². The lowest BCUT2D eigenvalue weighted by atomic mass is 10.0. The molecule has 1 N–H and O–H groups in total. The van der Waals surface area contributed by atoms with Crippen LogP contribution in [0.1, 0.15) is 30.5 Å². The molecule has 0 bridgehead atoms. The Labute approximate surface area is 91.6 Å². The third-order valence-electron chi connectivity index (χ3n) is 2.96. The Balaban J connectivity index is 2.01. The molecular weight excluding hydrogens is 186 g/mol. The van der Waals surface area contributed by atoms with Crippen molar-refractivity contribution in [2.45, 2.75) is 32.4 Å². The quantitative estimate of drug-likeness (QED) is 0.815. The van der Waals surface area contributed by atoms with Crippen LogP contribution in [0.4, 0.5) is 0 Å². The molecule has 15 heavy (non-hydrogen) atoms. The van der Waals surface area contributed by atoms with Crippen LogP contribution < -0.4 is 5.32 Å². The maximum absolute atomic E-state index is 5.17. The highest BCUT2D eigenvalue weighted by Crippen LogP contribution is 2.19. The van der Waals surface area contributed by atoms with Crippen molar-refractivity contribution in [1.29, 1.82) is 0 Å². The molecule has 1 heterocycles. The SMILES string of the molecule is CCC(NC1COC1)c1ccc(C)cc1. The van der Waals surface area contributed by atoms with Gasteiger partial charge in [0.25, 0.3) is 0 Å². The molecule has 1 aliphatic rings. The summed E-state index contributed by atoms with van der Waals surface area (Å²) in [5.41, 5.74) is 2.70. The molecule has 0 amide bonds. The highest BCUT2D eigenvalue weighted by atomic mass is 16.5. The molecule has 1 aromatic carbocycles. The van der Waals surface area contributed by atoms with E-state index in [1.54, 1.807) is 0 Å². The minimum atomic E-state index is 0.472. The third-order valence-corrected chi connectivity index (χ3v) is 2.96. The molecule has 0 aromatic heterocycles. The summed E-state index contributed by atoms with van der Waals surface area (Å²) in [5.74, 6) is 0. The van der Waals surface area contributed by atoms with Gasteiger partial charge in [-0.15, -0.1) is 0 Å². The average molecular weight is 205 g/mol. The van der Waals surface area contributed by atoms with Gasteiger partial charge in [0.15, 0.2) is 0 Å². The molecule has 82 valence electrons. The summed E-state index contributed by atoms with van der Waals surface area (Å²) in [6.07, 6.45) is 1.12. The summed E-state index contributed by atoms with van der Waals surface area (Å²) in [4.78, 5) is 0. The first-order chi connectivity index (χ1) is 7.29. The second-order valence-corrected chi connectivity index (χ2v) is 4.27. The largest absolute Gasteiger partial charge is 0.378 e. The smallest absolute Gasteiger partial charge is 0.0643 e. The summed E-state index contributed by atoms with van der Waals surface area (Å²) in [5, 5.41) is 3.61. The molecule has 1 unspecified atom stereocenters. The van der Waals surface area contributed by atoms with E-state index >= 15 is 0 Å². The van der Waals surface area contributed by atoms with Gasteiger partial charge >= 0.3 is 0 Å². The van der Waals surface area contributed by atoms with Crippen molar-refractivity contribution in [2.75, 3.05) is 13.2 Å². The van der Waals surface area contributed by atoms with Crippen molar-refractivity contribution >= 4 is 0 Å². The normalized spacial score (nSPS) is 18.5. The van der Waals surface area contributed by atoms with Gasteiger partial charge in [-0.2, -0.15) is 0 Å². The summed E-state index contributed by atoms with van der Waals surface area (Å²) in [7, 11) is 0. The van der Waals surface area contributed by atoms with Crippen LogP contribution in [-0.4, -0.2) is 19.3 Å². The number of aryl methyl sites for hydroxylation is 1. The lowest BCUT2D eigenvalue weighted by Gasteiger charge is -2.31. The summed E-state index contributed by atoms with van der Waals surface area (Å²) in [6.45, 7) is 6.07. The van der Waals surface area contributed by atoms with E-state index in [0.717, 1.165) is 19.6 Å². The van der Waals surface area contributed by atoms with E-state index in [1.807, 2.05) is 0 Å². The highest BCUT2D eigenvalue weighted by molar-refractivity contribution is 5.24. The van der Waals surface area contributed by atoms with Crippen LogP contribution in [0.2, 0.25) is 0 Å². The Morgan fingerprint density at radius 2 is 2.00 bits per heavy atom. The van der Waals surface area contributed by atoms with Crippen molar-refractivity contribution in [3.8, 4) is 0 Å². The molecule has 0 saturated carbocycles. The minimum absolute atomic E-state index is 0.472. The molecule has 1 aliphatic heterocycles. The maximum Gasteiger partial charge on any atom is 0.0643 e. The van der Waals surface area contributed by atoms with Crippen LogP contribution in [0.5, 0.6) is 0 Å². The topological polar surface area (TPSA) is 21.3 Å². The number of hydrogen-bond acceptors (Lipinski definition) is 2. The van der Waals surface area contributed by atoms with Crippen molar-refractivity contribution in [1.82, 2.24) is 5.32 Å². The second-order valence-electron chi connectivity index (χ2n) is 4.27. The number of nitrogens with one attached hydrogen (secondary N) is 1. The fourth-order valence-electron chi connectivity index (χ4n) is 1.86. The lowest BCUT2D eigenvalue weighted by Crippen LogP contribution is -2.47. The van der Waals surface area contributed by atoms with Crippen LogP contribution in [0, 0.1) is 6.92 Å². The van der Waals surface area contributed by atoms with E-state index in [9.17, 15) is 0 Å². The van der Waals surface area contributed by atoms with E-state index < -0.39 is 0 Å². The number of rotatable bonds is 4. The van der Waals surface area contributed by atoms with Crippen molar-refractivity contribution in [2.24, 2.45) is 0 Å². The monoisotopic (exact) mass is 205 g/mol. The zero-order chi connectivity index (χ0) is 10.7. The highest BCUT2D eigenvalue weighted by Gasteiger charge is 2.21. The molecule has 2 heteroatoms. The van der Waals surface area contributed by atoms with E-state index in [4.69, 9.17) is 4.74 Å². The minimum Gasteiger partial charge on any atom is -0.378 e. The predicted molar refractivity (Wildman–Crippen MR) is 62.0 cm³/mol. The van der Waals surface area contributed by atoms with Gasteiger partial charge in [-0.1, -0.05) is 36.8 Å². The van der Waals surface area contributed by atoms with E-state index in [2.05, 4.69) is 43.4 Å². The lowest BCUT2D eigenvalue weighted by molar-refractivity contribution is -0.0103. The molecular formula is C13H19NO. The Kier molecular flexibility index (Phi) is 3.39. The van der Waals surface area contributed by atoms with Crippen LogP contribution >= 0.6 is 0 Å². The molecule has 1 saturated heterocycles. The van der Waals surface area contributed by atoms with Gasteiger partial charge in [0.2, 0.25) is 0 Å². The molecule has 1 fully saturated rings. The van der Waals surface area contributed by atoms with Gasteiger partial charge in [-0.25, -0.2) is 0 Å². The molecule has 1 aromatic rings. The number of ether oxygens (including phenoxy) is 1. The zero-order valence-electron chi connectivity index (χ0n) is 9.49. The summed E-state index contributed by atoms with van der Waals surface area (Å²) < 4.78 is 5.17. The number of hydrogen-bond donors (Lipinski definition) is 1. The van der Waals surface area contributed by atoms with Crippen molar-refractivity contribution in [3.63, 3.8) is 0 Å². The fourth-order valence-corrected chi connectivity index (χ4v) is 1.86. The molecule has 0 spiro atoms. The second kappa shape index (κ2) is 4.77. The van der Waals surface area contributed by atoms with Crippen molar-refractivity contribution < 1.29 is 4.74 Å². The first-order valence-corrected chi connectivity index (χ1v) is 5.70. The van der Waals surface area contributed by atoms with Crippen molar-refractivity contribution in [3.05, 3.63) is 35.4 Å². The Morgan fingerprint density at radius 3 is 2.47 bits per heavy atom. The molecule has 1 atom stereocenters. The van der Waals surface area contributed by atoms with Gasteiger partial charge in [0.1, 0.15) is 0 Å².